The van der Waals surface area contributed by atoms with Gasteiger partial charge in [0.2, 0.25) is 0 Å². The lowest BCUT2D eigenvalue weighted by Gasteiger charge is -2.08. The fourth-order valence-electron chi connectivity index (χ4n) is 1.66. The Morgan fingerprint density at radius 3 is 2.84 bits per heavy atom. The van der Waals surface area contributed by atoms with Crippen LogP contribution in [-0.4, -0.2) is 15.9 Å². The van der Waals surface area contributed by atoms with Crippen molar-refractivity contribution in [2.45, 2.75) is 20.4 Å². The van der Waals surface area contributed by atoms with E-state index in [0.717, 1.165) is 16.8 Å². The lowest BCUT2D eigenvalue weighted by atomic mass is 10.1. The number of nitrogens with zero attached hydrogens (tertiary/aromatic N) is 2. The fourth-order valence-corrected chi connectivity index (χ4v) is 1.96. The number of rotatable bonds is 3. The lowest BCUT2D eigenvalue weighted by molar-refractivity contribution is 0.0950. The van der Waals surface area contributed by atoms with Gasteiger partial charge >= 0.3 is 0 Å². The average Bonchev–Trinajstić information content (AvgIpc) is 2.37. The van der Waals surface area contributed by atoms with E-state index in [1.807, 2.05) is 19.9 Å². The lowest BCUT2D eigenvalue weighted by Crippen LogP contribution is -2.23. The molecule has 4 nitrogen and oxygen atoms in total. The van der Waals surface area contributed by atoms with E-state index in [1.165, 1.54) is 6.20 Å². The molecule has 2 aromatic heterocycles. The Morgan fingerprint density at radius 2 is 2.16 bits per heavy atom. The fraction of sp³-hybridized carbons (Fsp3) is 0.214. The van der Waals surface area contributed by atoms with Gasteiger partial charge in [0, 0.05) is 30.8 Å². The summed E-state index contributed by atoms with van der Waals surface area (Å²) in [6.45, 7) is 4.22. The van der Waals surface area contributed by atoms with E-state index in [0.29, 0.717) is 17.1 Å². The maximum atomic E-state index is 12.0. The van der Waals surface area contributed by atoms with Gasteiger partial charge in [0.1, 0.15) is 0 Å². The molecule has 0 aliphatic heterocycles. The SMILES string of the molecule is Cc1cc(Cl)c(C(=O)NCc2ccncc2C)cn1. The van der Waals surface area contributed by atoms with Crippen molar-refractivity contribution in [3.63, 3.8) is 0 Å². The van der Waals surface area contributed by atoms with Crippen LogP contribution in [0, 0.1) is 13.8 Å². The molecule has 19 heavy (non-hydrogen) atoms. The van der Waals surface area contributed by atoms with E-state index < -0.39 is 0 Å². The molecule has 2 aromatic rings. The molecule has 0 aromatic carbocycles. The molecule has 1 amide bonds. The first kappa shape index (κ1) is 13.5. The maximum absolute atomic E-state index is 12.0. The van der Waals surface area contributed by atoms with Crippen molar-refractivity contribution in [2.75, 3.05) is 0 Å². The smallest absolute Gasteiger partial charge is 0.254 e. The highest BCUT2D eigenvalue weighted by Crippen LogP contribution is 2.15. The van der Waals surface area contributed by atoms with Crippen molar-refractivity contribution in [1.29, 1.82) is 0 Å². The van der Waals surface area contributed by atoms with Gasteiger partial charge < -0.3 is 5.32 Å². The van der Waals surface area contributed by atoms with E-state index in [-0.39, 0.29) is 5.91 Å². The number of carbonyl (C=O) groups excluding carboxylic acids is 1. The summed E-state index contributed by atoms with van der Waals surface area (Å²) < 4.78 is 0. The minimum Gasteiger partial charge on any atom is -0.348 e. The van der Waals surface area contributed by atoms with Crippen LogP contribution in [0.5, 0.6) is 0 Å². The van der Waals surface area contributed by atoms with Gasteiger partial charge in [-0.1, -0.05) is 11.6 Å². The second kappa shape index (κ2) is 5.80. The number of hydrogen-bond donors (Lipinski definition) is 1. The summed E-state index contributed by atoms with van der Waals surface area (Å²) in [5, 5.41) is 3.24. The predicted molar refractivity (Wildman–Crippen MR) is 74.1 cm³/mol. The minimum atomic E-state index is -0.228. The zero-order valence-corrected chi connectivity index (χ0v) is 11.5. The number of aryl methyl sites for hydroxylation is 2. The summed E-state index contributed by atoms with van der Waals surface area (Å²) >= 11 is 6.03. The summed E-state index contributed by atoms with van der Waals surface area (Å²) in [6, 6.07) is 3.55. The van der Waals surface area contributed by atoms with Crippen molar-refractivity contribution in [3.8, 4) is 0 Å². The van der Waals surface area contributed by atoms with Crippen molar-refractivity contribution >= 4 is 17.5 Å². The van der Waals surface area contributed by atoms with Crippen LogP contribution >= 0.6 is 11.6 Å². The molecular formula is C14H14ClN3O. The summed E-state index contributed by atoms with van der Waals surface area (Å²) in [5.41, 5.74) is 3.24. The molecule has 98 valence electrons. The van der Waals surface area contributed by atoms with Crippen LogP contribution in [0.3, 0.4) is 0 Å². The van der Waals surface area contributed by atoms with E-state index >= 15 is 0 Å². The first-order valence-corrected chi connectivity index (χ1v) is 6.25. The first-order chi connectivity index (χ1) is 9.08. The third-order valence-electron chi connectivity index (χ3n) is 2.81. The molecule has 5 heteroatoms. The normalized spacial score (nSPS) is 10.3. The summed E-state index contributed by atoms with van der Waals surface area (Å²) in [4.78, 5) is 20.1. The molecule has 0 aliphatic carbocycles. The standard InChI is InChI=1S/C14H14ClN3O/c1-9-6-16-4-3-11(9)7-18-14(19)12-8-17-10(2)5-13(12)15/h3-6,8H,7H2,1-2H3,(H,18,19). The number of nitrogens with one attached hydrogen (secondary N) is 1. The highest BCUT2D eigenvalue weighted by Gasteiger charge is 2.11. The van der Waals surface area contributed by atoms with Crippen LogP contribution in [0.25, 0.3) is 0 Å². The molecule has 0 saturated carbocycles. The van der Waals surface area contributed by atoms with Gasteiger partial charge in [-0.05, 0) is 37.1 Å². The summed E-state index contributed by atoms with van der Waals surface area (Å²) in [5.74, 6) is -0.228. The number of aromatic nitrogens is 2. The molecule has 2 rings (SSSR count). The van der Waals surface area contributed by atoms with Crippen molar-refractivity contribution in [1.82, 2.24) is 15.3 Å². The molecule has 0 fully saturated rings. The average molecular weight is 276 g/mol. The summed E-state index contributed by atoms with van der Waals surface area (Å²) in [7, 11) is 0. The monoisotopic (exact) mass is 275 g/mol. The van der Waals surface area contributed by atoms with Gasteiger partial charge in [-0.15, -0.1) is 0 Å². The Hall–Kier alpha value is -1.94. The maximum Gasteiger partial charge on any atom is 0.254 e. The van der Waals surface area contributed by atoms with Crippen LogP contribution < -0.4 is 5.32 Å². The highest BCUT2D eigenvalue weighted by atomic mass is 35.5. The first-order valence-electron chi connectivity index (χ1n) is 5.88. The highest BCUT2D eigenvalue weighted by molar-refractivity contribution is 6.33. The zero-order chi connectivity index (χ0) is 13.8. The quantitative estimate of drug-likeness (QED) is 0.937. The Labute approximate surface area is 116 Å². The van der Waals surface area contributed by atoms with Crippen LogP contribution in [0.2, 0.25) is 5.02 Å². The Bertz CT molecular complexity index is 613. The van der Waals surface area contributed by atoms with Gasteiger partial charge in [-0.25, -0.2) is 0 Å². The molecule has 0 saturated heterocycles. The van der Waals surface area contributed by atoms with Crippen molar-refractivity contribution in [3.05, 3.63) is 58.1 Å². The van der Waals surface area contributed by atoms with Crippen molar-refractivity contribution in [2.24, 2.45) is 0 Å². The third kappa shape index (κ3) is 3.29. The number of halogens is 1. The van der Waals surface area contributed by atoms with E-state index in [9.17, 15) is 4.79 Å². The van der Waals surface area contributed by atoms with Crippen LogP contribution in [0.1, 0.15) is 27.2 Å². The second-order valence-corrected chi connectivity index (χ2v) is 4.70. The predicted octanol–water partition coefficient (Wildman–Crippen LogP) is 2.68. The van der Waals surface area contributed by atoms with Gasteiger partial charge in [0.25, 0.3) is 5.91 Å². The molecule has 0 aliphatic rings. The Kier molecular flexibility index (Phi) is 4.12. The molecule has 0 bridgehead atoms. The van der Waals surface area contributed by atoms with Crippen LogP contribution in [0.4, 0.5) is 0 Å². The van der Waals surface area contributed by atoms with E-state index in [4.69, 9.17) is 11.6 Å². The van der Waals surface area contributed by atoms with E-state index in [2.05, 4.69) is 15.3 Å². The largest absolute Gasteiger partial charge is 0.348 e. The molecule has 1 N–H and O–H groups in total. The topological polar surface area (TPSA) is 54.9 Å². The van der Waals surface area contributed by atoms with E-state index in [1.54, 1.807) is 18.5 Å². The molecule has 0 atom stereocenters. The molecular weight excluding hydrogens is 262 g/mol. The van der Waals surface area contributed by atoms with Gasteiger partial charge in [0.05, 0.1) is 10.6 Å². The molecule has 0 unspecified atom stereocenters. The van der Waals surface area contributed by atoms with Crippen LogP contribution in [-0.2, 0) is 6.54 Å². The second-order valence-electron chi connectivity index (χ2n) is 4.29. The number of amides is 1. The van der Waals surface area contributed by atoms with Crippen LogP contribution in [0.15, 0.2) is 30.7 Å². The molecule has 0 spiro atoms. The van der Waals surface area contributed by atoms with Gasteiger partial charge in [-0.2, -0.15) is 0 Å². The Balaban J connectivity index is 2.08. The van der Waals surface area contributed by atoms with Gasteiger partial charge in [-0.3, -0.25) is 14.8 Å². The Morgan fingerprint density at radius 1 is 1.37 bits per heavy atom. The zero-order valence-electron chi connectivity index (χ0n) is 10.8. The number of carbonyl (C=O) groups is 1. The van der Waals surface area contributed by atoms with Gasteiger partial charge in [0.15, 0.2) is 0 Å². The number of pyridine rings is 2. The number of hydrogen-bond acceptors (Lipinski definition) is 3. The minimum absolute atomic E-state index is 0.228. The van der Waals surface area contributed by atoms with Crippen molar-refractivity contribution < 1.29 is 4.79 Å². The summed E-state index contributed by atoms with van der Waals surface area (Å²) in [6.07, 6.45) is 4.96. The third-order valence-corrected chi connectivity index (χ3v) is 3.12. The molecule has 2 heterocycles. The molecule has 0 radical (unpaired) electrons.